The lowest BCUT2D eigenvalue weighted by atomic mass is 10.1. The molecule has 3 aromatic heterocycles. The summed E-state index contributed by atoms with van der Waals surface area (Å²) in [6, 6.07) is 12.0. The standard InChI is InChI=1S/C29H34IN5O4/c1-5-38-28-25-20(10-16(3)31-28)13-23(39-25)24-17(4)32-29(34-26(30)19-8-6-15(2)7-9-19)35-27(24)33-21-11-18(14-36)12-22(21)37/h6-10,13,18,21-22,26,36-37H,5,11-12,14H2,1-4H3,(H2,32,33,34,35)/t18-,21+,22+,26?/m0/s1. The van der Waals surface area contributed by atoms with Crippen LogP contribution in [0.2, 0.25) is 0 Å². The lowest BCUT2D eigenvalue weighted by Crippen LogP contribution is -2.29. The SMILES string of the molecule is CCOc1nc(C)cc2cc(-c3c(C)nc(NC(I)c4ccc(C)cc4)nc3N[C@@H]3C[C@H](CO)C[C@H]3O)oc12. The molecule has 3 heterocycles. The van der Waals surface area contributed by atoms with E-state index in [-0.39, 0.29) is 22.6 Å². The molecule has 1 aliphatic carbocycles. The number of aryl methyl sites for hydroxylation is 3. The van der Waals surface area contributed by atoms with Crippen LogP contribution in [0, 0.1) is 26.7 Å². The molecule has 0 aliphatic heterocycles. The van der Waals surface area contributed by atoms with Gasteiger partial charge < -0.3 is 30.0 Å². The highest BCUT2D eigenvalue weighted by atomic mass is 127. The summed E-state index contributed by atoms with van der Waals surface area (Å²) in [6.45, 7) is 8.33. The maximum absolute atomic E-state index is 10.7. The lowest BCUT2D eigenvalue weighted by molar-refractivity contribution is 0.157. The second-order valence-corrected chi connectivity index (χ2v) is 11.4. The number of aromatic nitrogens is 3. The first-order chi connectivity index (χ1) is 18.7. The summed E-state index contributed by atoms with van der Waals surface area (Å²) in [4.78, 5) is 14.2. The van der Waals surface area contributed by atoms with Crippen LogP contribution in [0.15, 0.2) is 40.8 Å². The van der Waals surface area contributed by atoms with Crippen molar-refractivity contribution in [3.63, 3.8) is 0 Å². The summed E-state index contributed by atoms with van der Waals surface area (Å²) >= 11 is 2.33. The van der Waals surface area contributed by atoms with Gasteiger partial charge in [0.15, 0.2) is 5.58 Å². The number of hydrogen-bond donors (Lipinski definition) is 4. The van der Waals surface area contributed by atoms with Gasteiger partial charge in [-0.05, 0) is 64.2 Å². The van der Waals surface area contributed by atoms with Crippen molar-refractivity contribution in [1.29, 1.82) is 0 Å². The Morgan fingerprint density at radius 1 is 1.10 bits per heavy atom. The summed E-state index contributed by atoms with van der Waals surface area (Å²) in [5, 5.41) is 28.2. The fraction of sp³-hybridized carbons (Fsp3) is 0.414. The predicted molar refractivity (Wildman–Crippen MR) is 160 cm³/mol. The molecule has 1 aromatic carbocycles. The van der Waals surface area contributed by atoms with Gasteiger partial charge in [0.05, 0.1) is 30.0 Å². The third-order valence-corrected chi connectivity index (χ3v) is 8.08. The number of fused-ring (bicyclic) bond motifs is 1. The molecular formula is C29H34IN5O4. The zero-order valence-electron chi connectivity index (χ0n) is 22.5. The van der Waals surface area contributed by atoms with E-state index < -0.39 is 6.10 Å². The van der Waals surface area contributed by atoms with E-state index in [0.717, 1.165) is 22.3 Å². The monoisotopic (exact) mass is 643 g/mol. The zero-order valence-corrected chi connectivity index (χ0v) is 24.7. The van der Waals surface area contributed by atoms with Gasteiger partial charge in [-0.25, -0.2) is 9.97 Å². The van der Waals surface area contributed by atoms with Gasteiger partial charge in [0, 0.05) is 17.7 Å². The van der Waals surface area contributed by atoms with E-state index in [9.17, 15) is 10.2 Å². The summed E-state index contributed by atoms with van der Waals surface area (Å²) in [6.07, 6.45) is 0.576. The molecule has 9 nitrogen and oxygen atoms in total. The number of furan rings is 1. The van der Waals surface area contributed by atoms with E-state index in [1.807, 2.05) is 32.9 Å². The van der Waals surface area contributed by atoms with Crippen molar-refractivity contribution < 1.29 is 19.4 Å². The highest BCUT2D eigenvalue weighted by molar-refractivity contribution is 14.1. The van der Waals surface area contributed by atoms with Crippen LogP contribution in [0.1, 0.15) is 46.3 Å². The summed E-state index contributed by atoms with van der Waals surface area (Å²) < 4.78 is 12.0. The molecule has 206 valence electrons. The number of aliphatic hydroxyl groups is 2. The maximum Gasteiger partial charge on any atom is 0.258 e. The molecule has 1 saturated carbocycles. The molecule has 10 heteroatoms. The molecule has 0 radical (unpaired) electrons. The minimum absolute atomic E-state index is 0.0377. The van der Waals surface area contributed by atoms with E-state index in [0.29, 0.717) is 54.0 Å². The summed E-state index contributed by atoms with van der Waals surface area (Å²) in [5.74, 6) is 2.10. The Labute approximate surface area is 241 Å². The molecule has 39 heavy (non-hydrogen) atoms. The van der Waals surface area contributed by atoms with E-state index in [1.165, 1.54) is 5.56 Å². The minimum Gasteiger partial charge on any atom is -0.475 e. The fourth-order valence-electron chi connectivity index (χ4n) is 5.07. The molecule has 1 aliphatic rings. The molecule has 0 saturated heterocycles. The number of aliphatic hydroxyl groups excluding tert-OH is 2. The minimum atomic E-state index is -0.598. The van der Waals surface area contributed by atoms with E-state index in [1.54, 1.807) is 0 Å². The molecule has 0 amide bonds. The third-order valence-electron chi connectivity index (χ3n) is 7.05. The first kappa shape index (κ1) is 27.6. The molecule has 1 unspecified atom stereocenters. The highest BCUT2D eigenvalue weighted by Crippen LogP contribution is 2.39. The normalized spacial score (nSPS) is 19.8. The Kier molecular flexibility index (Phi) is 8.24. The van der Waals surface area contributed by atoms with Crippen LogP contribution in [-0.4, -0.2) is 50.5 Å². The largest absolute Gasteiger partial charge is 0.475 e. The first-order valence-electron chi connectivity index (χ1n) is 13.2. The van der Waals surface area contributed by atoms with Crippen LogP contribution >= 0.6 is 22.6 Å². The second-order valence-electron chi connectivity index (χ2n) is 10.1. The van der Waals surface area contributed by atoms with Crippen molar-refractivity contribution in [3.05, 3.63) is 58.9 Å². The quantitative estimate of drug-likeness (QED) is 0.103. The van der Waals surface area contributed by atoms with Crippen LogP contribution < -0.4 is 15.4 Å². The number of nitrogens with one attached hydrogen (secondary N) is 2. The van der Waals surface area contributed by atoms with E-state index in [2.05, 4.69) is 69.4 Å². The molecule has 1 fully saturated rings. The average molecular weight is 644 g/mol. The van der Waals surface area contributed by atoms with Crippen LogP contribution in [0.5, 0.6) is 5.88 Å². The molecule has 4 aromatic rings. The number of benzene rings is 1. The number of hydrogen-bond acceptors (Lipinski definition) is 9. The third kappa shape index (κ3) is 5.97. The van der Waals surface area contributed by atoms with Crippen molar-refractivity contribution in [2.24, 2.45) is 5.92 Å². The molecular weight excluding hydrogens is 609 g/mol. The Morgan fingerprint density at radius 3 is 2.56 bits per heavy atom. The number of alkyl halides is 1. The Morgan fingerprint density at radius 2 is 1.87 bits per heavy atom. The van der Waals surface area contributed by atoms with Gasteiger partial charge in [-0.2, -0.15) is 4.98 Å². The van der Waals surface area contributed by atoms with Crippen LogP contribution in [-0.2, 0) is 0 Å². The number of anilines is 2. The van der Waals surface area contributed by atoms with Gasteiger partial charge >= 0.3 is 0 Å². The van der Waals surface area contributed by atoms with Crippen LogP contribution in [0.3, 0.4) is 0 Å². The molecule has 4 atom stereocenters. The second kappa shape index (κ2) is 11.6. The van der Waals surface area contributed by atoms with Gasteiger partial charge in [-0.3, -0.25) is 0 Å². The van der Waals surface area contributed by atoms with Gasteiger partial charge in [-0.15, -0.1) is 0 Å². The fourth-order valence-corrected chi connectivity index (χ4v) is 5.77. The van der Waals surface area contributed by atoms with Crippen molar-refractivity contribution in [2.45, 2.75) is 56.7 Å². The number of pyridine rings is 1. The number of nitrogens with zero attached hydrogens (tertiary/aromatic N) is 3. The number of ether oxygens (including phenoxy) is 1. The van der Waals surface area contributed by atoms with Crippen LogP contribution in [0.25, 0.3) is 22.3 Å². The molecule has 5 rings (SSSR count). The Balaban J connectivity index is 1.56. The van der Waals surface area contributed by atoms with Gasteiger partial charge in [-0.1, -0.05) is 52.4 Å². The molecule has 4 N–H and O–H groups in total. The molecule has 0 spiro atoms. The maximum atomic E-state index is 10.7. The number of halogens is 1. The summed E-state index contributed by atoms with van der Waals surface area (Å²) in [7, 11) is 0. The highest BCUT2D eigenvalue weighted by Gasteiger charge is 2.34. The lowest BCUT2D eigenvalue weighted by Gasteiger charge is -2.21. The van der Waals surface area contributed by atoms with E-state index in [4.69, 9.17) is 19.1 Å². The predicted octanol–water partition coefficient (Wildman–Crippen LogP) is 5.70. The average Bonchev–Trinajstić information content (AvgIpc) is 3.47. The smallest absolute Gasteiger partial charge is 0.258 e. The number of rotatable bonds is 9. The zero-order chi connectivity index (χ0) is 27.7. The van der Waals surface area contributed by atoms with Gasteiger partial charge in [0.2, 0.25) is 5.95 Å². The van der Waals surface area contributed by atoms with Crippen molar-refractivity contribution >= 4 is 45.3 Å². The van der Waals surface area contributed by atoms with E-state index >= 15 is 0 Å². The van der Waals surface area contributed by atoms with Gasteiger partial charge in [0.25, 0.3) is 5.88 Å². The van der Waals surface area contributed by atoms with Crippen molar-refractivity contribution in [1.82, 2.24) is 15.0 Å². The van der Waals surface area contributed by atoms with Crippen LogP contribution in [0.4, 0.5) is 11.8 Å². The van der Waals surface area contributed by atoms with Gasteiger partial charge in [0.1, 0.15) is 15.6 Å². The Hall–Kier alpha value is -2.96. The Bertz CT molecular complexity index is 1460. The molecule has 0 bridgehead atoms. The summed E-state index contributed by atoms with van der Waals surface area (Å²) in [5.41, 5.74) is 5.13. The topological polar surface area (TPSA) is 126 Å². The first-order valence-corrected chi connectivity index (χ1v) is 14.5. The van der Waals surface area contributed by atoms with Crippen molar-refractivity contribution in [2.75, 3.05) is 23.8 Å². The van der Waals surface area contributed by atoms with Crippen molar-refractivity contribution in [3.8, 4) is 17.2 Å².